The van der Waals surface area contributed by atoms with Crippen molar-refractivity contribution >= 4 is 18.3 Å². The van der Waals surface area contributed by atoms with Crippen molar-refractivity contribution in [2.45, 2.75) is 58.1 Å². The minimum atomic E-state index is -1.34. The lowest BCUT2D eigenvalue weighted by Gasteiger charge is -2.28. The van der Waals surface area contributed by atoms with Gasteiger partial charge in [0.05, 0.1) is 0 Å². The van der Waals surface area contributed by atoms with Crippen LogP contribution in [0.25, 0.3) is 0 Å². The van der Waals surface area contributed by atoms with Gasteiger partial charge in [0.25, 0.3) is 0 Å². The molecular weight excluding hydrogens is 274 g/mol. The van der Waals surface area contributed by atoms with E-state index in [1.165, 1.54) is 13.1 Å². The van der Waals surface area contributed by atoms with Crippen molar-refractivity contribution in [3.63, 3.8) is 0 Å². The highest BCUT2D eigenvalue weighted by Gasteiger charge is 2.35. The molecule has 0 bridgehead atoms. The van der Waals surface area contributed by atoms with Crippen LogP contribution in [0.4, 0.5) is 4.79 Å². The number of alkyl carbamates (subject to hydrolysis) is 1. The predicted molar refractivity (Wildman–Crippen MR) is 80.9 cm³/mol. The summed E-state index contributed by atoms with van der Waals surface area (Å²) in [6.07, 6.45) is 2.27. The molecule has 4 N–H and O–H groups in total. The first-order valence-electron chi connectivity index (χ1n) is 7.05. The Kier molecular flexibility index (Phi) is 7.94. The fourth-order valence-electron chi connectivity index (χ4n) is 1.65. The molecule has 0 spiro atoms. The minimum absolute atomic E-state index is 0.313. The average molecular weight is 301 g/mol. The second-order valence-corrected chi connectivity index (χ2v) is 6.13. The van der Waals surface area contributed by atoms with Crippen molar-refractivity contribution in [2.75, 3.05) is 13.1 Å². The number of hydrogen-bond donors (Lipinski definition) is 4. The van der Waals surface area contributed by atoms with Crippen LogP contribution in [0.3, 0.4) is 0 Å². The normalized spacial score (nSPS) is 14.1. The summed E-state index contributed by atoms with van der Waals surface area (Å²) < 4.78 is 5.09. The Hall–Kier alpha value is -1.63. The van der Waals surface area contributed by atoms with E-state index in [-0.39, 0.29) is 0 Å². The van der Waals surface area contributed by atoms with Crippen LogP contribution in [0, 0.1) is 5.41 Å². The number of carbonyl (C=O) groups excluding carboxylic acids is 1. The number of carboxylic acids is 1. The number of carboxylic acid groups (broad SMARTS) is 1. The van der Waals surface area contributed by atoms with Crippen LogP contribution in [0.15, 0.2) is 0 Å². The standard InChI is InChI=1S/C14H27N3O4/c1-13(2,3)21-12(20)17-14(4,11(18)19)7-5-6-9-16-10-8-15/h8,15-16H,5-7,9-10H2,1-4H3,(H,17,20)(H,18,19). The quantitative estimate of drug-likeness (QED) is 0.383. The van der Waals surface area contributed by atoms with Gasteiger partial charge >= 0.3 is 12.1 Å². The summed E-state index contributed by atoms with van der Waals surface area (Å²) in [6.45, 7) is 7.85. The van der Waals surface area contributed by atoms with E-state index in [1.54, 1.807) is 20.8 Å². The Bertz CT molecular complexity index is 366. The van der Waals surface area contributed by atoms with E-state index in [2.05, 4.69) is 10.6 Å². The van der Waals surface area contributed by atoms with Gasteiger partial charge in [-0.15, -0.1) is 0 Å². The molecule has 0 aliphatic heterocycles. The molecule has 0 saturated heterocycles. The average Bonchev–Trinajstić information content (AvgIpc) is 2.30. The summed E-state index contributed by atoms with van der Waals surface area (Å²) >= 11 is 0. The van der Waals surface area contributed by atoms with E-state index < -0.39 is 23.2 Å². The van der Waals surface area contributed by atoms with Gasteiger partial charge in [0.15, 0.2) is 0 Å². The number of unbranched alkanes of at least 4 members (excludes halogenated alkanes) is 1. The van der Waals surface area contributed by atoms with Crippen molar-refractivity contribution in [1.29, 1.82) is 5.41 Å². The van der Waals surface area contributed by atoms with Crippen LogP contribution >= 0.6 is 0 Å². The van der Waals surface area contributed by atoms with Crippen molar-refractivity contribution in [3.05, 3.63) is 0 Å². The lowest BCUT2D eigenvalue weighted by atomic mass is 9.95. The third-order valence-corrected chi connectivity index (χ3v) is 2.78. The molecule has 0 aromatic heterocycles. The molecule has 1 atom stereocenters. The smallest absolute Gasteiger partial charge is 0.408 e. The fourth-order valence-corrected chi connectivity index (χ4v) is 1.65. The van der Waals surface area contributed by atoms with Crippen LogP contribution < -0.4 is 10.6 Å². The second kappa shape index (κ2) is 8.61. The number of nitrogens with one attached hydrogen (secondary N) is 3. The number of ether oxygens (including phenoxy) is 1. The van der Waals surface area contributed by atoms with Gasteiger partial charge in [-0.3, -0.25) is 0 Å². The van der Waals surface area contributed by atoms with Gasteiger partial charge in [-0.25, -0.2) is 9.59 Å². The third kappa shape index (κ3) is 9.01. The lowest BCUT2D eigenvalue weighted by Crippen LogP contribution is -2.53. The number of amides is 1. The molecule has 0 aromatic carbocycles. The van der Waals surface area contributed by atoms with Gasteiger partial charge in [0.1, 0.15) is 11.1 Å². The van der Waals surface area contributed by atoms with Crippen molar-refractivity contribution in [2.24, 2.45) is 0 Å². The zero-order chi connectivity index (χ0) is 16.5. The maximum absolute atomic E-state index is 11.7. The molecule has 21 heavy (non-hydrogen) atoms. The first-order valence-corrected chi connectivity index (χ1v) is 7.05. The van der Waals surface area contributed by atoms with Gasteiger partial charge < -0.3 is 25.9 Å². The number of rotatable bonds is 9. The molecular formula is C14H27N3O4. The summed E-state index contributed by atoms with van der Waals surface area (Å²) in [4.78, 5) is 23.1. The maximum atomic E-state index is 11.7. The summed E-state index contributed by atoms with van der Waals surface area (Å²) in [5, 5.41) is 21.6. The first-order chi connectivity index (χ1) is 9.60. The van der Waals surface area contributed by atoms with Crippen LogP contribution in [0.1, 0.15) is 47.0 Å². The highest BCUT2D eigenvalue weighted by molar-refractivity contribution is 5.83. The zero-order valence-corrected chi connectivity index (χ0v) is 13.3. The molecule has 1 amide bonds. The van der Waals surface area contributed by atoms with E-state index in [4.69, 9.17) is 10.1 Å². The highest BCUT2D eigenvalue weighted by Crippen LogP contribution is 2.16. The molecule has 0 rings (SSSR count). The molecule has 0 aromatic rings. The van der Waals surface area contributed by atoms with Crippen molar-refractivity contribution in [3.8, 4) is 0 Å². The van der Waals surface area contributed by atoms with Crippen LogP contribution in [0.2, 0.25) is 0 Å². The first kappa shape index (κ1) is 19.4. The monoisotopic (exact) mass is 301 g/mol. The minimum Gasteiger partial charge on any atom is -0.480 e. The topological polar surface area (TPSA) is 112 Å². The Morgan fingerprint density at radius 1 is 1.24 bits per heavy atom. The molecule has 0 saturated carbocycles. The molecule has 1 unspecified atom stereocenters. The Balaban J connectivity index is 4.33. The number of aliphatic carboxylic acids is 1. The predicted octanol–water partition coefficient (Wildman–Crippen LogP) is 1.76. The van der Waals surface area contributed by atoms with E-state index in [0.29, 0.717) is 25.9 Å². The van der Waals surface area contributed by atoms with Crippen LogP contribution in [0.5, 0.6) is 0 Å². The lowest BCUT2D eigenvalue weighted by molar-refractivity contribution is -0.144. The molecule has 7 nitrogen and oxygen atoms in total. The second-order valence-electron chi connectivity index (χ2n) is 6.13. The van der Waals surface area contributed by atoms with Crippen molar-refractivity contribution < 1.29 is 19.4 Å². The molecule has 0 fully saturated rings. The van der Waals surface area contributed by atoms with Crippen molar-refractivity contribution in [1.82, 2.24) is 10.6 Å². The van der Waals surface area contributed by atoms with E-state index in [0.717, 1.165) is 6.42 Å². The van der Waals surface area contributed by atoms with E-state index >= 15 is 0 Å². The molecule has 0 radical (unpaired) electrons. The molecule has 0 aliphatic rings. The van der Waals surface area contributed by atoms with Gasteiger partial charge in [-0.1, -0.05) is 0 Å². The fraction of sp³-hybridized carbons (Fsp3) is 0.786. The summed E-state index contributed by atoms with van der Waals surface area (Å²) in [7, 11) is 0. The number of carbonyl (C=O) groups is 2. The number of hydrogen-bond acceptors (Lipinski definition) is 5. The molecule has 0 aliphatic carbocycles. The highest BCUT2D eigenvalue weighted by atomic mass is 16.6. The molecule has 7 heteroatoms. The molecule has 0 heterocycles. The van der Waals surface area contributed by atoms with Crippen LogP contribution in [-0.4, -0.2) is 47.6 Å². The van der Waals surface area contributed by atoms with Gasteiger partial charge in [0, 0.05) is 12.8 Å². The maximum Gasteiger partial charge on any atom is 0.408 e. The van der Waals surface area contributed by atoms with Crippen LogP contribution in [-0.2, 0) is 9.53 Å². The SMILES string of the molecule is CC(C)(C)OC(=O)NC(C)(CCCCNCC=N)C(=O)O. The van der Waals surface area contributed by atoms with E-state index in [1.807, 2.05) is 0 Å². The Labute approximate surface area is 125 Å². The largest absolute Gasteiger partial charge is 0.480 e. The summed E-state index contributed by atoms with van der Waals surface area (Å²) in [5.41, 5.74) is -2.01. The van der Waals surface area contributed by atoms with Gasteiger partial charge in [-0.05, 0) is 53.5 Å². The third-order valence-electron chi connectivity index (χ3n) is 2.78. The Morgan fingerprint density at radius 3 is 2.33 bits per heavy atom. The zero-order valence-electron chi connectivity index (χ0n) is 13.3. The van der Waals surface area contributed by atoms with E-state index in [9.17, 15) is 14.7 Å². The summed E-state index contributed by atoms with van der Waals surface area (Å²) in [6, 6.07) is 0. The summed E-state index contributed by atoms with van der Waals surface area (Å²) in [5.74, 6) is -1.08. The van der Waals surface area contributed by atoms with Gasteiger partial charge in [0.2, 0.25) is 0 Å². The molecule has 122 valence electrons. The Morgan fingerprint density at radius 2 is 1.86 bits per heavy atom. The van der Waals surface area contributed by atoms with Gasteiger partial charge in [-0.2, -0.15) is 0 Å².